The van der Waals surface area contributed by atoms with Gasteiger partial charge in [0.2, 0.25) is 0 Å². The van der Waals surface area contributed by atoms with Gasteiger partial charge in [-0.15, -0.1) is 0 Å². The van der Waals surface area contributed by atoms with Crippen LogP contribution in [-0.4, -0.2) is 19.3 Å². The Morgan fingerprint density at radius 3 is 3.07 bits per heavy atom. The van der Waals surface area contributed by atoms with Crippen LogP contribution < -0.4 is 5.32 Å². The minimum atomic E-state index is 0.891. The van der Waals surface area contributed by atoms with Crippen LogP contribution in [0.5, 0.6) is 0 Å². The fourth-order valence-corrected chi connectivity index (χ4v) is 2.14. The zero-order valence-corrected chi connectivity index (χ0v) is 8.58. The summed E-state index contributed by atoms with van der Waals surface area (Å²) in [5, 5.41) is 3.40. The summed E-state index contributed by atoms with van der Waals surface area (Å²) in [4.78, 5) is 4.12. The van der Waals surface area contributed by atoms with Gasteiger partial charge in [0.1, 0.15) is 0 Å². The zero-order valence-electron chi connectivity index (χ0n) is 8.58. The summed E-state index contributed by atoms with van der Waals surface area (Å²) < 4.78 is 0. The number of nitrogens with one attached hydrogen (secondary N) is 1. The third kappa shape index (κ3) is 2.81. The van der Waals surface area contributed by atoms with Crippen molar-refractivity contribution in [1.29, 1.82) is 0 Å². The van der Waals surface area contributed by atoms with E-state index in [1.54, 1.807) is 0 Å². The van der Waals surface area contributed by atoms with Crippen molar-refractivity contribution < 1.29 is 0 Å². The van der Waals surface area contributed by atoms with E-state index in [0.29, 0.717) is 0 Å². The summed E-state index contributed by atoms with van der Waals surface area (Å²) in [6, 6.07) is 0. The number of nitrogens with zero attached hydrogens (tertiary/aromatic N) is 1. The van der Waals surface area contributed by atoms with Crippen LogP contribution in [0.2, 0.25) is 0 Å². The molecule has 14 heavy (non-hydrogen) atoms. The summed E-state index contributed by atoms with van der Waals surface area (Å²) >= 11 is 0. The highest BCUT2D eigenvalue weighted by atomic mass is 14.9. The van der Waals surface area contributed by atoms with Gasteiger partial charge in [0.15, 0.2) is 0 Å². The molecule has 1 fully saturated rings. The molecule has 2 heteroatoms. The van der Waals surface area contributed by atoms with Crippen molar-refractivity contribution >= 4 is 6.21 Å². The van der Waals surface area contributed by atoms with E-state index < -0.39 is 0 Å². The minimum absolute atomic E-state index is 0.891. The Kier molecular flexibility index (Phi) is 3.52. The molecular formula is C12H18N2. The van der Waals surface area contributed by atoms with Crippen molar-refractivity contribution in [2.75, 3.05) is 13.1 Å². The molecule has 0 amide bonds. The number of hydrogen-bond acceptors (Lipinski definition) is 2. The molecule has 2 heterocycles. The fraction of sp³-hybridized carbons (Fsp3) is 0.583. The van der Waals surface area contributed by atoms with Crippen molar-refractivity contribution in [3.05, 3.63) is 23.9 Å². The van der Waals surface area contributed by atoms with Gasteiger partial charge in [-0.25, -0.2) is 0 Å². The average Bonchev–Trinajstić information content (AvgIpc) is 2.48. The molecule has 2 aliphatic heterocycles. The smallest absolute Gasteiger partial charge is 0.0267 e. The predicted molar refractivity (Wildman–Crippen MR) is 60.5 cm³/mol. The van der Waals surface area contributed by atoms with Gasteiger partial charge in [0.25, 0.3) is 0 Å². The summed E-state index contributed by atoms with van der Waals surface area (Å²) in [5.74, 6) is 0.891. The first-order valence-electron chi connectivity index (χ1n) is 5.52. The normalized spacial score (nSPS) is 23.3. The lowest BCUT2D eigenvalue weighted by Crippen LogP contribution is -2.27. The van der Waals surface area contributed by atoms with Crippen molar-refractivity contribution in [3.63, 3.8) is 0 Å². The van der Waals surface area contributed by atoms with Crippen LogP contribution in [-0.2, 0) is 0 Å². The van der Waals surface area contributed by atoms with E-state index in [9.17, 15) is 0 Å². The molecule has 0 aromatic carbocycles. The highest BCUT2D eigenvalue weighted by Crippen LogP contribution is 2.23. The molecule has 0 aromatic rings. The second-order valence-electron chi connectivity index (χ2n) is 4.11. The molecule has 0 atom stereocenters. The van der Waals surface area contributed by atoms with Crippen LogP contribution in [0.3, 0.4) is 0 Å². The zero-order chi connectivity index (χ0) is 9.64. The molecule has 2 aliphatic rings. The second kappa shape index (κ2) is 5.11. The summed E-state index contributed by atoms with van der Waals surface area (Å²) in [7, 11) is 0. The lowest BCUT2D eigenvalue weighted by molar-refractivity contribution is 0.371. The minimum Gasteiger partial charge on any atom is -0.317 e. The van der Waals surface area contributed by atoms with E-state index in [-0.39, 0.29) is 0 Å². The molecule has 0 saturated carbocycles. The topological polar surface area (TPSA) is 24.4 Å². The van der Waals surface area contributed by atoms with E-state index in [0.717, 1.165) is 12.3 Å². The van der Waals surface area contributed by atoms with Crippen LogP contribution in [0.4, 0.5) is 0 Å². The molecule has 1 N–H and O–H groups in total. The molecule has 1 saturated heterocycles. The molecule has 76 valence electrons. The summed E-state index contributed by atoms with van der Waals surface area (Å²) in [6.07, 6.45) is 13.2. The standard InChI is InChI=1S/C12H18N2/c1-2-11(3-7-13-6-1)10-12-4-8-14-9-5-12/h1,3,6-7,12,14H,2,4-5,8-10H2. The number of allylic oxidation sites excluding steroid dienone is 3. The van der Waals surface area contributed by atoms with E-state index in [2.05, 4.69) is 22.5 Å². The maximum Gasteiger partial charge on any atom is 0.0267 e. The number of rotatable bonds is 2. The Bertz CT molecular complexity index is 257. The van der Waals surface area contributed by atoms with E-state index in [1.807, 2.05) is 12.4 Å². The van der Waals surface area contributed by atoms with Gasteiger partial charge in [0, 0.05) is 12.4 Å². The van der Waals surface area contributed by atoms with Crippen LogP contribution in [0.15, 0.2) is 28.9 Å². The van der Waals surface area contributed by atoms with Crippen LogP contribution in [0, 0.1) is 5.92 Å². The van der Waals surface area contributed by atoms with Crippen LogP contribution >= 0.6 is 0 Å². The Morgan fingerprint density at radius 2 is 2.21 bits per heavy atom. The molecule has 0 unspecified atom stereocenters. The number of piperidine rings is 1. The fourth-order valence-electron chi connectivity index (χ4n) is 2.14. The molecular weight excluding hydrogens is 172 g/mol. The van der Waals surface area contributed by atoms with Gasteiger partial charge in [0.05, 0.1) is 0 Å². The Morgan fingerprint density at radius 1 is 1.36 bits per heavy atom. The first-order valence-corrected chi connectivity index (χ1v) is 5.52. The summed E-state index contributed by atoms with van der Waals surface area (Å²) in [5.41, 5.74) is 1.54. The SMILES string of the molecule is C1=CN=CC=C(CC2CCNCC2)C1. The third-order valence-electron chi connectivity index (χ3n) is 2.98. The maximum absolute atomic E-state index is 4.12. The molecule has 2 rings (SSSR count). The van der Waals surface area contributed by atoms with E-state index >= 15 is 0 Å². The third-order valence-corrected chi connectivity index (χ3v) is 2.98. The van der Waals surface area contributed by atoms with Crippen LogP contribution in [0.1, 0.15) is 25.7 Å². The van der Waals surface area contributed by atoms with Gasteiger partial charge in [-0.3, -0.25) is 4.99 Å². The van der Waals surface area contributed by atoms with Crippen molar-refractivity contribution in [3.8, 4) is 0 Å². The predicted octanol–water partition coefficient (Wildman–Crippen LogP) is 2.29. The highest BCUT2D eigenvalue weighted by Gasteiger charge is 2.14. The lowest BCUT2D eigenvalue weighted by atomic mass is 9.90. The van der Waals surface area contributed by atoms with Crippen molar-refractivity contribution in [2.24, 2.45) is 10.9 Å². The quantitative estimate of drug-likeness (QED) is 0.710. The van der Waals surface area contributed by atoms with Gasteiger partial charge in [-0.2, -0.15) is 0 Å². The van der Waals surface area contributed by atoms with Crippen molar-refractivity contribution in [2.45, 2.75) is 25.7 Å². The summed E-state index contributed by atoms with van der Waals surface area (Å²) in [6.45, 7) is 2.39. The average molecular weight is 190 g/mol. The molecule has 0 radical (unpaired) electrons. The lowest BCUT2D eigenvalue weighted by Gasteiger charge is -2.23. The van der Waals surface area contributed by atoms with Crippen molar-refractivity contribution in [1.82, 2.24) is 5.32 Å². The first kappa shape index (κ1) is 9.66. The van der Waals surface area contributed by atoms with Gasteiger partial charge in [-0.1, -0.05) is 11.6 Å². The first-order chi connectivity index (χ1) is 6.95. The molecule has 0 spiro atoms. The maximum atomic E-state index is 4.12. The van der Waals surface area contributed by atoms with Crippen LogP contribution in [0.25, 0.3) is 0 Å². The molecule has 0 bridgehead atoms. The Labute approximate surface area is 85.8 Å². The molecule has 0 aliphatic carbocycles. The van der Waals surface area contributed by atoms with Gasteiger partial charge >= 0.3 is 0 Å². The molecule has 0 aromatic heterocycles. The largest absolute Gasteiger partial charge is 0.317 e. The van der Waals surface area contributed by atoms with Gasteiger partial charge < -0.3 is 5.32 Å². The van der Waals surface area contributed by atoms with E-state index in [1.165, 1.54) is 37.9 Å². The van der Waals surface area contributed by atoms with E-state index in [4.69, 9.17) is 0 Å². The number of hydrogen-bond donors (Lipinski definition) is 1. The number of aliphatic imine (C=N–C) groups is 1. The second-order valence-corrected chi connectivity index (χ2v) is 4.11. The monoisotopic (exact) mass is 190 g/mol. The Balaban J connectivity index is 1.86. The highest BCUT2D eigenvalue weighted by molar-refractivity contribution is 5.73. The Hall–Kier alpha value is -0.890. The molecule has 2 nitrogen and oxygen atoms in total. The van der Waals surface area contributed by atoms with Gasteiger partial charge in [-0.05, 0) is 50.8 Å².